The van der Waals surface area contributed by atoms with E-state index in [1.54, 1.807) is 22.8 Å². The fourth-order valence-corrected chi connectivity index (χ4v) is 5.13. The van der Waals surface area contributed by atoms with Gasteiger partial charge >= 0.3 is 0 Å². The van der Waals surface area contributed by atoms with Crippen molar-refractivity contribution in [3.8, 4) is 22.8 Å². The van der Waals surface area contributed by atoms with Gasteiger partial charge in [0, 0.05) is 29.7 Å². The highest BCUT2D eigenvalue weighted by molar-refractivity contribution is 9.10. The number of hydrogen-bond donors (Lipinski definition) is 2. The third-order valence-electron chi connectivity index (χ3n) is 6.60. The molecule has 6 rings (SSSR count). The average Bonchev–Trinajstić information content (AvgIpc) is 3.40. The number of amides is 1. The van der Waals surface area contributed by atoms with E-state index >= 15 is 0 Å². The van der Waals surface area contributed by atoms with Crippen molar-refractivity contribution in [2.24, 2.45) is 0 Å². The molecule has 2 heterocycles. The molecule has 0 radical (unpaired) electrons. The Balaban J connectivity index is 1.16. The molecule has 0 atom stereocenters. The molecule has 208 valence electrons. The summed E-state index contributed by atoms with van der Waals surface area (Å²) in [5, 5.41) is 11.6. The number of rotatable bonds is 9. The van der Waals surface area contributed by atoms with Crippen LogP contribution in [0.3, 0.4) is 0 Å². The summed E-state index contributed by atoms with van der Waals surface area (Å²) in [5.41, 5.74) is 4.76. The SMILES string of the molecule is O=C(NCc1cccc(CNc2cc(-c3ccccc3Cl)nc3c(Br)cnn23)c1)c1ccccc1Oc1ccccc1. The third kappa shape index (κ3) is 6.15. The standard InChI is InChI=1S/C33H25BrClN5O2/c34-27-21-38-40-31(18-29(39-32(27)40)25-13-4-6-15-28(25)35)36-19-22-9-8-10-23(17-22)20-37-33(41)26-14-5-7-16-30(26)42-24-11-2-1-3-12-24/h1-18,21,36H,19-20H2,(H,37,41). The van der Waals surface area contributed by atoms with Crippen LogP contribution in [0.5, 0.6) is 11.5 Å². The van der Waals surface area contributed by atoms with Gasteiger partial charge in [0.1, 0.15) is 17.3 Å². The first-order valence-corrected chi connectivity index (χ1v) is 14.4. The fraction of sp³-hybridized carbons (Fsp3) is 0.0606. The van der Waals surface area contributed by atoms with Gasteiger partial charge in [-0.25, -0.2) is 4.98 Å². The summed E-state index contributed by atoms with van der Waals surface area (Å²) in [5.74, 6) is 1.74. The van der Waals surface area contributed by atoms with Crippen molar-refractivity contribution in [1.29, 1.82) is 0 Å². The van der Waals surface area contributed by atoms with Gasteiger partial charge in [-0.05, 0) is 57.4 Å². The summed E-state index contributed by atoms with van der Waals surface area (Å²) >= 11 is 10.0. The molecule has 1 amide bonds. The van der Waals surface area contributed by atoms with Crippen LogP contribution in [0, 0.1) is 0 Å². The highest BCUT2D eigenvalue weighted by Gasteiger charge is 2.15. The molecule has 0 saturated heterocycles. The summed E-state index contributed by atoms with van der Waals surface area (Å²) in [6.45, 7) is 0.905. The first kappa shape index (κ1) is 27.5. The van der Waals surface area contributed by atoms with E-state index in [4.69, 9.17) is 21.3 Å². The van der Waals surface area contributed by atoms with E-state index < -0.39 is 0 Å². The zero-order chi connectivity index (χ0) is 28.9. The quantitative estimate of drug-likeness (QED) is 0.167. The van der Waals surface area contributed by atoms with E-state index in [9.17, 15) is 4.79 Å². The Hall–Kier alpha value is -4.66. The van der Waals surface area contributed by atoms with E-state index in [-0.39, 0.29) is 5.91 Å². The Morgan fingerprint density at radius 1 is 0.857 bits per heavy atom. The van der Waals surface area contributed by atoms with Crippen LogP contribution in [0.4, 0.5) is 5.82 Å². The maximum Gasteiger partial charge on any atom is 0.255 e. The Morgan fingerprint density at radius 2 is 1.60 bits per heavy atom. The van der Waals surface area contributed by atoms with Crippen LogP contribution in [-0.2, 0) is 13.1 Å². The van der Waals surface area contributed by atoms with E-state index in [2.05, 4.69) is 37.7 Å². The Bertz CT molecular complexity index is 1880. The molecule has 2 N–H and O–H groups in total. The van der Waals surface area contributed by atoms with E-state index in [0.29, 0.717) is 40.8 Å². The number of benzene rings is 4. The lowest BCUT2D eigenvalue weighted by molar-refractivity contribution is 0.0948. The molecule has 4 aromatic carbocycles. The number of carbonyl (C=O) groups excluding carboxylic acids is 1. The molecule has 0 spiro atoms. The second kappa shape index (κ2) is 12.5. The molecule has 0 bridgehead atoms. The number of halogens is 2. The average molecular weight is 639 g/mol. The minimum absolute atomic E-state index is 0.208. The molecule has 0 fully saturated rings. The topological polar surface area (TPSA) is 80.5 Å². The van der Waals surface area contributed by atoms with Crippen LogP contribution in [-0.4, -0.2) is 20.5 Å². The zero-order valence-electron chi connectivity index (χ0n) is 22.3. The van der Waals surface area contributed by atoms with E-state index in [1.807, 2.05) is 91.0 Å². The molecular weight excluding hydrogens is 614 g/mol. The Morgan fingerprint density at radius 3 is 2.43 bits per heavy atom. The Kier molecular flexibility index (Phi) is 8.16. The molecule has 7 nitrogen and oxygen atoms in total. The van der Waals surface area contributed by atoms with Crippen LogP contribution < -0.4 is 15.4 Å². The summed E-state index contributed by atoms with van der Waals surface area (Å²) in [6, 6.07) is 34.3. The minimum atomic E-state index is -0.208. The van der Waals surface area contributed by atoms with Crippen molar-refractivity contribution in [3.05, 3.63) is 142 Å². The van der Waals surface area contributed by atoms with Gasteiger partial charge in [-0.3, -0.25) is 4.79 Å². The number of aromatic nitrogens is 3. The second-order valence-corrected chi connectivity index (χ2v) is 10.8. The summed E-state index contributed by atoms with van der Waals surface area (Å²) < 4.78 is 8.50. The van der Waals surface area contributed by atoms with Crippen LogP contribution in [0.25, 0.3) is 16.9 Å². The predicted octanol–water partition coefficient (Wildman–Crippen LogP) is 8.15. The van der Waals surface area contributed by atoms with Gasteiger partial charge in [-0.1, -0.05) is 84.4 Å². The van der Waals surface area contributed by atoms with Crippen molar-refractivity contribution >= 4 is 44.9 Å². The number of hydrogen-bond acceptors (Lipinski definition) is 5. The molecule has 0 aliphatic rings. The monoisotopic (exact) mass is 637 g/mol. The minimum Gasteiger partial charge on any atom is -0.457 e. The predicted molar refractivity (Wildman–Crippen MR) is 169 cm³/mol. The van der Waals surface area contributed by atoms with Gasteiger partial charge < -0.3 is 15.4 Å². The smallest absolute Gasteiger partial charge is 0.255 e. The first-order valence-electron chi connectivity index (χ1n) is 13.3. The molecule has 2 aromatic heterocycles. The molecule has 0 aliphatic carbocycles. The van der Waals surface area contributed by atoms with Gasteiger partial charge in [0.05, 0.1) is 21.9 Å². The lowest BCUT2D eigenvalue weighted by Crippen LogP contribution is -2.23. The number of nitrogens with zero attached hydrogens (tertiary/aromatic N) is 3. The van der Waals surface area contributed by atoms with Crippen molar-refractivity contribution in [2.75, 3.05) is 5.32 Å². The maximum atomic E-state index is 13.1. The van der Waals surface area contributed by atoms with Crippen molar-refractivity contribution in [1.82, 2.24) is 19.9 Å². The number of nitrogens with one attached hydrogen (secondary N) is 2. The molecular formula is C33H25BrClN5O2. The molecule has 9 heteroatoms. The second-order valence-electron chi connectivity index (χ2n) is 9.50. The van der Waals surface area contributed by atoms with E-state index in [0.717, 1.165) is 32.7 Å². The molecule has 0 aliphatic heterocycles. The summed E-state index contributed by atoms with van der Waals surface area (Å²) in [7, 11) is 0. The van der Waals surface area contributed by atoms with Crippen LogP contribution >= 0.6 is 27.5 Å². The van der Waals surface area contributed by atoms with E-state index in [1.165, 1.54) is 0 Å². The van der Waals surface area contributed by atoms with Crippen molar-refractivity contribution in [2.45, 2.75) is 13.1 Å². The van der Waals surface area contributed by atoms with Crippen LogP contribution in [0.2, 0.25) is 5.02 Å². The number of carbonyl (C=O) groups is 1. The van der Waals surface area contributed by atoms with Crippen LogP contribution in [0.1, 0.15) is 21.5 Å². The largest absolute Gasteiger partial charge is 0.457 e. The van der Waals surface area contributed by atoms with Gasteiger partial charge in [-0.15, -0.1) is 0 Å². The lowest BCUT2D eigenvalue weighted by Gasteiger charge is -2.13. The highest BCUT2D eigenvalue weighted by atomic mass is 79.9. The lowest BCUT2D eigenvalue weighted by atomic mass is 10.1. The van der Waals surface area contributed by atoms with Gasteiger partial charge in [0.15, 0.2) is 5.65 Å². The molecule has 42 heavy (non-hydrogen) atoms. The fourth-order valence-electron chi connectivity index (χ4n) is 4.55. The van der Waals surface area contributed by atoms with Gasteiger partial charge in [0.25, 0.3) is 5.91 Å². The number of fused-ring (bicyclic) bond motifs is 1. The number of para-hydroxylation sites is 2. The van der Waals surface area contributed by atoms with Crippen molar-refractivity contribution < 1.29 is 9.53 Å². The van der Waals surface area contributed by atoms with Crippen LogP contribution in [0.15, 0.2) is 120 Å². The van der Waals surface area contributed by atoms with Crippen molar-refractivity contribution in [3.63, 3.8) is 0 Å². The summed E-state index contributed by atoms with van der Waals surface area (Å²) in [4.78, 5) is 17.9. The maximum absolute atomic E-state index is 13.1. The number of ether oxygens (including phenoxy) is 1. The van der Waals surface area contributed by atoms with Gasteiger partial charge in [0.2, 0.25) is 0 Å². The zero-order valence-corrected chi connectivity index (χ0v) is 24.6. The molecule has 6 aromatic rings. The first-order chi connectivity index (χ1) is 20.5. The Labute approximate surface area is 256 Å². The molecule has 0 saturated carbocycles. The third-order valence-corrected chi connectivity index (χ3v) is 7.49. The molecule has 0 unspecified atom stereocenters. The normalized spacial score (nSPS) is 10.9. The van der Waals surface area contributed by atoms with Gasteiger partial charge in [-0.2, -0.15) is 9.61 Å². The highest BCUT2D eigenvalue weighted by Crippen LogP contribution is 2.30. The summed E-state index contributed by atoms with van der Waals surface area (Å²) in [6.07, 6.45) is 1.72. The number of anilines is 1.